The van der Waals surface area contributed by atoms with Crippen molar-refractivity contribution < 1.29 is 0 Å². The van der Waals surface area contributed by atoms with E-state index in [1.807, 2.05) is 12.1 Å². The van der Waals surface area contributed by atoms with Crippen molar-refractivity contribution in [2.45, 2.75) is 6.92 Å². The van der Waals surface area contributed by atoms with E-state index in [0.29, 0.717) is 0 Å². The van der Waals surface area contributed by atoms with Crippen LogP contribution in [-0.4, -0.2) is 9.97 Å². The number of aromatic nitrogens is 2. The van der Waals surface area contributed by atoms with Gasteiger partial charge in [-0.25, -0.2) is 9.97 Å². The molecule has 0 atom stereocenters. The Morgan fingerprint density at radius 3 is 1.83 bits per heavy atom. The largest absolute Gasteiger partial charge is 0.248 e. The van der Waals surface area contributed by atoms with E-state index in [1.54, 1.807) is 0 Å². The molecule has 0 aliphatic carbocycles. The summed E-state index contributed by atoms with van der Waals surface area (Å²) < 4.78 is 0. The minimum atomic E-state index is 1.02. The molecular formula is C27H18N2. The van der Waals surface area contributed by atoms with Crippen LogP contribution in [0.3, 0.4) is 0 Å². The quantitative estimate of drug-likeness (QED) is 0.289. The normalized spacial score (nSPS) is 11.6. The molecule has 0 aliphatic rings. The predicted molar refractivity (Wildman–Crippen MR) is 122 cm³/mol. The molecule has 0 radical (unpaired) electrons. The molecule has 0 N–H and O–H groups in total. The third-order valence-electron chi connectivity index (χ3n) is 5.74. The zero-order valence-electron chi connectivity index (χ0n) is 16.1. The van der Waals surface area contributed by atoms with Crippen molar-refractivity contribution in [1.29, 1.82) is 0 Å². The zero-order valence-corrected chi connectivity index (χ0v) is 16.1. The van der Waals surface area contributed by atoms with Crippen LogP contribution in [0.25, 0.3) is 54.7 Å². The lowest BCUT2D eigenvalue weighted by atomic mass is 9.92. The number of para-hydroxylation sites is 2. The number of hydrogen-bond donors (Lipinski definition) is 0. The van der Waals surface area contributed by atoms with Gasteiger partial charge in [-0.1, -0.05) is 54.6 Å². The molecule has 0 amide bonds. The molecule has 4 aromatic carbocycles. The molecular weight excluding hydrogens is 352 g/mol. The summed E-state index contributed by atoms with van der Waals surface area (Å²) in [6.45, 7) is 2.18. The summed E-state index contributed by atoms with van der Waals surface area (Å²) in [5, 5.41) is 4.68. The van der Waals surface area contributed by atoms with E-state index in [1.165, 1.54) is 27.5 Å². The second kappa shape index (κ2) is 6.11. The van der Waals surface area contributed by atoms with Crippen LogP contribution < -0.4 is 0 Å². The smallest absolute Gasteiger partial charge is 0.0716 e. The fourth-order valence-corrected chi connectivity index (χ4v) is 4.33. The van der Waals surface area contributed by atoms with Gasteiger partial charge >= 0.3 is 0 Å². The first-order valence-electron chi connectivity index (χ1n) is 9.86. The number of nitrogens with zero attached hydrogens (tertiary/aromatic N) is 2. The van der Waals surface area contributed by atoms with Gasteiger partial charge in [0, 0.05) is 21.5 Å². The molecule has 0 saturated heterocycles. The Kier molecular flexibility index (Phi) is 3.41. The van der Waals surface area contributed by atoms with Gasteiger partial charge in [0.1, 0.15) is 0 Å². The van der Waals surface area contributed by atoms with Crippen molar-refractivity contribution in [3.63, 3.8) is 0 Å². The molecule has 2 aromatic heterocycles. The van der Waals surface area contributed by atoms with E-state index < -0.39 is 0 Å². The molecule has 0 unspecified atom stereocenters. The minimum Gasteiger partial charge on any atom is -0.248 e. The van der Waals surface area contributed by atoms with E-state index >= 15 is 0 Å². The fraction of sp³-hybridized carbons (Fsp3) is 0.0370. The number of aryl methyl sites for hydroxylation is 1. The van der Waals surface area contributed by atoms with Gasteiger partial charge in [0.2, 0.25) is 0 Å². The summed E-state index contributed by atoms with van der Waals surface area (Å²) >= 11 is 0. The van der Waals surface area contributed by atoms with E-state index in [-0.39, 0.29) is 0 Å². The summed E-state index contributed by atoms with van der Waals surface area (Å²) in [5.74, 6) is 0. The van der Waals surface area contributed by atoms with Crippen LogP contribution >= 0.6 is 0 Å². The molecule has 136 valence electrons. The first kappa shape index (κ1) is 16.2. The Morgan fingerprint density at radius 1 is 0.517 bits per heavy atom. The Bertz CT molecular complexity index is 1560. The number of fused-ring (bicyclic) bond motifs is 4. The van der Waals surface area contributed by atoms with Gasteiger partial charge in [-0.15, -0.1) is 0 Å². The average molecular weight is 370 g/mol. The van der Waals surface area contributed by atoms with E-state index in [2.05, 4.69) is 85.8 Å². The van der Waals surface area contributed by atoms with E-state index in [9.17, 15) is 0 Å². The third-order valence-corrected chi connectivity index (χ3v) is 5.74. The molecule has 6 rings (SSSR count). The highest BCUT2D eigenvalue weighted by atomic mass is 14.7. The summed E-state index contributed by atoms with van der Waals surface area (Å²) in [7, 11) is 0. The molecule has 0 saturated carbocycles. The Balaban J connectivity index is 1.75. The number of pyridine rings is 2. The predicted octanol–water partition coefficient (Wildman–Crippen LogP) is 7.06. The standard InChI is InChI=1S/C27H18N2/c1-17-13-14-26-22(16-19-8-3-5-11-24(19)29-26)27(17)20-9-6-12-25-21(20)15-18-7-2-4-10-23(18)28-25/h2-16H,1H3. The van der Waals surface area contributed by atoms with Gasteiger partial charge in [-0.05, 0) is 60.0 Å². The van der Waals surface area contributed by atoms with Crippen LogP contribution in [0, 0.1) is 6.92 Å². The van der Waals surface area contributed by atoms with Crippen molar-refractivity contribution in [3.05, 3.63) is 96.6 Å². The van der Waals surface area contributed by atoms with Crippen LogP contribution in [0.5, 0.6) is 0 Å². The number of benzene rings is 4. The average Bonchev–Trinajstić information content (AvgIpc) is 2.76. The van der Waals surface area contributed by atoms with Gasteiger partial charge in [0.25, 0.3) is 0 Å². The maximum Gasteiger partial charge on any atom is 0.0716 e. The van der Waals surface area contributed by atoms with Crippen LogP contribution in [0.1, 0.15) is 5.56 Å². The Labute approximate surface area is 168 Å². The van der Waals surface area contributed by atoms with Crippen LogP contribution in [0.15, 0.2) is 91.0 Å². The van der Waals surface area contributed by atoms with E-state index in [0.717, 1.165) is 32.8 Å². The zero-order chi connectivity index (χ0) is 19.4. The maximum atomic E-state index is 4.92. The molecule has 0 aliphatic heterocycles. The molecule has 2 nitrogen and oxygen atoms in total. The van der Waals surface area contributed by atoms with Crippen molar-refractivity contribution in [1.82, 2.24) is 9.97 Å². The minimum absolute atomic E-state index is 1.02. The fourth-order valence-electron chi connectivity index (χ4n) is 4.33. The summed E-state index contributed by atoms with van der Waals surface area (Å²) in [4.78, 5) is 9.83. The van der Waals surface area contributed by atoms with Gasteiger partial charge in [0.15, 0.2) is 0 Å². The molecule has 0 spiro atoms. The van der Waals surface area contributed by atoms with Crippen molar-refractivity contribution in [2.75, 3.05) is 0 Å². The summed E-state index contributed by atoms with van der Waals surface area (Å²) in [6, 6.07) is 31.9. The molecule has 2 heteroatoms. The van der Waals surface area contributed by atoms with Gasteiger partial charge in [-0.3, -0.25) is 0 Å². The Morgan fingerprint density at radius 2 is 1.10 bits per heavy atom. The first-order valence-corrected chi connectivity index (χ1v) is 9.86. The number of hydrogen-bond acceptors (Lipinski definition) is 2. The van der Waals surface area contributed by atoms with Crippen molar-refractivity contribution in [3.8, 4) is 11.1 Å². The maximum absolute atomic E-state index is 4.92. The lowest BCUT2D eigenvalue weighted by Crippen LogP contribution is -1.92. The summed E-state index contributed by atoms with van der Waals surface area (Å²) in [5.41, 5.74) is 7.79. The highest BCUT2D eigenvalue weighted by Gasteiger charge is 2.13. The van der Waals surface area contributed by atoms with Crippen LogP contribution in [0.4, 0.5) is 0 Å². The lowest BCUT2D eigenvalue weighted by molar-refractivity contribution is 1.44. The van der Waals surface area contributed by atoms with Crippen LogP contribution in [-0.2, 0) is 0 Å². The second-order valence-electron chi connectivity index (χ2n) is 7.56. The second-order valence-corrected chi connectivity index (χ2v) is 7.56. The van der Waals surface area contributed by atoms with Gasteiger partial charge in [0.05, 0.1) is 22.1 Å². The molecule has 0 fully saturated rings. The topological polar surface area (TPSA) is 25.8 Å². The van der Waals surface area contributed by atoms with Crippen molar-refractivity contribution >= 4 is 43.6 Å². The monoisotopic (exact) mass is 370 g/mol. The van der Waals surface area contributed by atoms with Crippen LogP contribution in [0.2, 0.25) is 0 Å². The number of rotatable bonds is 1. The SMILES string of the molecule is Cc1ccc2nc3ccccc3cc2c1-c1cccc2nc3ccccc3cc12. The first-order chi connectivity index (χ1) is 14.3. The van der Waals surface area contributed by atoms with E-state index in [4.69, 9.17) is 9.97 Å². The highest BCUT2D eigenvalue weighted by Crippen LogP contribution is 2.37. The molecule has 0 bridgehead atoms. The highest BCUT2D eigenvalue weighted by molar-refractivity contribution is 6.09. The molecule has 2 heterocycles. The molecule has 6 aromatic rings. The summed E-state index contributed by atoms with van der Waals surface area (Å²) in [6.07, 6.45) is 0. The third kappa shape index (κ3) is 2.50. The Hall–Kier alpha value is -3.78. The molecule has 29 heavy (non-hydrogen) atoms. The lowest BCUT2D eigenvalue weighted by Gasteiger charge is -2.14. The van der Waals surface area contributed by atoms with Gasteiger partial charge < -0.3 is 0 Å². The van der Waals surface area contributed by atoms with Gasteiger partial charge in [-0.2, -0.15) is 0 Å². The van der Waals surface area contributed by atoms with Crippen molar-refractivity contribution in [2.24, 2.45) is 0 Å².